The van der Waals surface area contributed by atoms with Crippen LogP contribution in [0.15, 0.2) is 30.3 Å². The van der Waals surface area contributed by atoms with Crippen molar-refractivity contribution in [3.8, 4) is 0 Å². The second kappa shape index (κ2) is 6.77. The predicted molar refractivity (Wildman–Crippen MR) is 49.5 cm³/mol. The molecule has 1 unspecified atom stereocenters. The molecule has 1 aromatic carbocycles. The largest absolute Gasteiger partial charge is 1.00 e. The van der Waals surface area contributed by atoms with Crippen molar-refractivity contribution in [3.05, 3.63) is 35.9 Å². The number of hydrogen-bond acceptors (Lipinski definition) is 3. The third-order valence-corrected chi connectivity index (χ3v) is 2.13. The molecule has 4 heteroatoms. The van der Waals surface area contributed by atoms with E-state index >= 15 is 0 Å². The number of carboxylic acid groups (broad SMARTS) is 1. The summed E-state index contributed by atoms with van der Waals surface area (Å²) in [5.74, 6) is -3.04. The van der Waals surface area contributed by atoms with Gasteiger partial charge in [0.15, 0.2) is 5.78 Å². The Bertz CT molecular complexity index is 335. The van der Waals surface area contributed by atoms with E-state index in [0.717, 1.165) is 5.56 Å². The molecule has 1 aromatic rings. The normalized spacial score (nSPS) is 11.3. The number of carbonyl (C=O) groups excluding carboxylic acids is 2. The van der Waals surface area contributed by atoms with Crippen molar-refractivity contribution in [3.63, 3.8) is 0 Å². The van der Waals surface area contributed by atoms with Crippen LogP contribution in [0.1, 0.15) is 24.8 Å². The summed E-state index contributed by atoms with van der Waals surface area (Å²) in [5, 5.41) is 10.4. The molecule has 0 bridgehead atoms. The number of hydrogen-bond donors (Lipinski definition) is 0. The van der Waals surface area contributed by atoms with Crippen molar-refractivity contribution < 1.29 is 44.3 Å². The minimum atomic E-state index is -1.61. The van der Waals surface area contributed by atoms with Crippen molar-refractivity contribution in [2.24, 2.45) is 0 Å². The molecular weight excluding hydrogens is 203 g/mol. The smallest absolute Gasteiger partial charge is 0.542 e. The number of benzene rings is 1. The first-order chi connectivity index (χ1) is 6.66. The van der Waals surface area contributed by atoms with Gasteiger partial charge in [0.05, 0.1) is 0 Å². The Labute approximate surface area is 111 Å². The Kier molecular flexibility index (Phi) is 6.48. The second-order valence-corrected chi connectivity index (χ2v) is 3.02. The molecule has 0 saturated heterocycles. The zero-order valence-electron chi connectivity index (χ0n) is 8.90. The summed E-state index contributed by atoms with van der Waals surface area (Å²) in [5.41, 5.74) is 0.726. The molecule has 1 atom stereocenters. The van der Waals surface area contributed by atoms with Gasteiger partial charge < -0.3 is 9.90 Å². The summed E-state index contributed by atoms with van der Waals surface area (Å²) >= 11 is 0. The molecule has 0 heterocycles. The summed E-state index contributed by atoms with van der Waals surface area (Å²) in [4.78, 5) is 21.6. The molecule has 74 valence electrons. The molecule has 0 radical (unpaired) electrons. The Morgan fingerprint density at radius 1 is 1.27 bits per heavy atom. The van der Waals surface area contributed by atoms with E-state index in [0.29, 0.717) is 6.42 Å². The van der Waals surface area contributed by atoms with Crippen LogP contribution in [0.3, 0.4) is 0 Å². The zero-order chi connectivity index (χ0) is 10.6. The molecule has 0 saturated carbocycles. The van der Waals surface area contributed by atoms with Gasteiger partial charge in [0.25, 0.3) is 0 Å². The van der Waals surface area contributed by atoms with Crippen molar-refractivity contribution >= 4 is 11.8 Å². The molecule has 3 nitrogen and oxygen atoms in total. The average Bonchev–Trinajstić information content (AvgIpc) is 2.20. The molecule has 1 rings (SSSR count). The molecule has 15 heavy (non-hydrogen) atoms. The number of Topliss-reactive ketones (excluding diaryl/α,β-unsaturated/α-hetero) is 1. The SMILES string of the molecule is CCC(C(=O)C(=O)[O-])c1ccccc1.[Na+]. The Hall–Kier alpha value is -0.640. The fourth-order valence-electron chi connectivity index (χ4n) is 1.40. The number of aliphatic carboxylic acids is 1. The number of carboxylic acids is 1. The van der Waals surface area contributed by atoms with Crippen LogP contribution in [0.5, 0.6) is 0 Å². The van der Waals surface area contributed by atoms with Crippen LogP contribution in [0.4, 0.5) is 0 Å². The van der Waals surface area contributed by atoms with Crippen LogP contribution < -0.4 is 34.7 Å². The second-order valence-electron chi connectivity index (χ2n) is 3.02. The van der Waals surface area contributed by atoms with E-state index in [-0.39, 0.29) is 29.6 Å². The van der Waals surface area contributed by atoms with Gasteiger partial charge in [-0.25, -0.2) is 0 Å². The summed E-state index contributed by atoms with van der Waals surface area (Å²) in [6.07, 6.45) is 0.469. The summed E-state index contributed by atoms with van der Waals surface area (Å²) < 4.78 is 0. The van der Waals surface area contributed by atoms with E-state index in [4.69, 9.17) is 0 Å². The van der Waals surface area contributed by atoms with Crippen LogP contribution >= 0.6 is 0 Å². The quantitative estimate of drug-likeness (QED) is 0.411. The molecule has 0 aliphatic rings. The van der Waals surface area contributed by atoms with Gasteiger partial charge in [0.1, 0.15) is 5.97 Å². The molecule has 0 fully saturated rings. The molecular formula is C11H11NaO3. The third kappa shape index (κ3) is 3.78. The first-order valence-corrected chi connectivity index (χ1v) is 4.47. The molecule has 0 aromatic heterocycles. The molecule has 0 spiro atoms. The maximum Gasteiger partial charge on any atom is 1.00 e. The van der Waals surface area contributed by atoms with E-state index in [1.807, 2.05) is 6.07 Å². The van der Waals surface area contributed by atoms with Gasteiger partial charge >= 0.3 is 29.6 Å². The van der Waals surface area contributed by atoms with E-state index in [1.165, 1.54) is 0 Å². The van der Waals surface area contributed by atoms with Crippen molar-refractivity contribution in [2.75, 3.05) is 0 Å². The first kappa shape index (κ1) is 14.4. The van der Waals surface area contributed by atoms with Gasteiger partial charge in [-0.2, -0.15) is 0 Å². The van der Waals surface area contributed by atoms with Crippen LogP contribution in [0.25, 0.3) is 0 Å². The van der Waals surface area contributed by atoms with Gasteiger partial charge in [-0.05, 0) is 12.0 Å². The molecule has 0 aliphatic carbocycles. The predicted octanol–water partition coefficient (Wildman–Crippen LogP) is -2.50. The van der Waals surface area contributed by atoms with Crippen molar-refractivity contribution in [1.29, 1.82) is 0 Å². The summed E-state index contributed by atoms with van der Waals surface area (Å²) in [7, 11) is 0. The molecule has 0 aliphatic heterocycles. The van der Waals surface area contributed by atoms with E-state index in [2.05, 4.69) is 0 Å². The van der Waals surface area contributed by atoms with Gasteiger partial charge in [0, 0.05) is 5.92 Å². The van der Waals surface area contributed by atoms with Crippen molar-refractivity contribution in [1.82, 2.24) is 0 Å². The minimum absolute atomic E-state index is 0. The fraction of sp³-hybridized carbons (Fsp3) is 0.273. The van der Waals surface area contributed by atoms with Crippen LogP contribution in [0.2, 0.25) is 0 Å². The zero-order valence-corrected chi connectivity index (χ0v) is 10.9. The van der Waals surface area contributed by atoms with Gasteiger partial charge in [-0.1, -0.05) is 37.3 Å². The van der Waals surface area contributed by atoms with Crippen LogP contribution in [0, 0.1) is 0 Å². The summed E-state index contributed by atoms with van der Waals surface area (Å²) in [6, 6.07) is 8.87. The molecule has 0 amide bonds. The molecule has 0 N–H and O–H groups in total. The van der Waals surface area contributed by atoms with Gasteiger partial charge in [-0.3, -0.25) is 4.79 Å². The summed E-state index contributed by atoms with van der Waals surface area (Å²) in [6.45, 7) is 1.78. The fourth-order valence-corrected chi connectivity index (χ4v) is 1.40. The van der Waals surface area contributed by atoms with E-state index < -0.39 is 17.7 Å². The van der Waals surface area contributed by atoms with Crippen LogP contribution in [-0.2, 0) is 9.59 Å². The number of rotatable bonds is 4. The van der Waals surface area contributed by atoms with Gasteiger partial charge in [-0.15, -0.1) is 0 Å². The number of carbonyl (C=O) groups is 2. The van der Waals surface area contributed by atoms with Crippen molar-refractivity contribution in [2.45, 2.75) is 19.3 Å². The Morgan fingerprint density at radius 2 is 1.80 bits per heavy atom. The number of ketones is 1. The standard InChI is InChI=1S/C11H12O3.Na/c1-2-9(10(12)11(13)14)8-6-4-3-5-7-8;/h3-7,9H,2H2,1H3,(H,13,14);/q;+1/p-1. The van der Waals surface area contributed by atoms with E-state index in [9.17, 15) is 14.7 Å². The van der Waals surface area contributed by atoms with E-state index in [1.54, 1.807) is 31.2 Å². The minimum Gasteiger partial charge on any atom is -0.542 e. The Morgan fingerprint density at radius 3 is 2.20 bits per heavy atom. The average molecular weight is 214 g/mol. The first-order valence-electron chi connectivity index (χ1n) is 4.47. The third-order valence-electron chi connectivity index (χ3n) is 2.13. The van der Waals surface area contributed by atoms with Crippen LogP contribution in [-0.4, -0.2) is 11.8 Å². The monoisotopic (exact) mass is 214 g/mol. The topological polar surface area (TPSA) is 57.2 Å². The van der Waals surface area contributed by atoms with Gasteiger partial charge in [0.2, 0.25) is 0 Å². The maximum atomic E-state index is 11.2. The Balaban J connectivity index is 0.00000196. The maximum absolute atomic E-state index is 11.2.